The third-order valence-corrected chi connectivity index (χ3v) is 7.74. The minimum atomic E-state index is -0.384. The molecule has 2 amide bonds. The molecule has 7 nitrogen and oxygen atoms in total. The Morgan fingerprint density at radius 3 is 2.53 bits per heavy atom. The molecular formula is C25H28BrCl2N5O2S. The molecule has 0 radical (unpaired) electrons. The molecule has 1 heterocycles. The molecule has 11 heteroatoms. The van der Waals surface area contributed by atoms with E-state index in [2.05, 4.69) is 50.6 Å². The number of aryl methyl sites for hydroxylation is 1. The number of halogens is 3. The molecule has 3 rings (SSSR count). The summed E-state index contributed by atoms with van der Waals surface area (Å²) in [5.74, 6) is 0.643. The highest BCUT2D eigenvalue weighted by atomic mass is 79.9. The van der Waals surface area contributed by atoms with E-state index in [4.69, 9.17) is 23.2 Å². The molecule has 0 spiro atoms. The average molecular weight is 613 g/mol. The van der Waals surface area contributed by atoms with Crippen LogP contribution >= 0.6 is 50.9 Å². The van der Waals surface area contributed by atoms with Gasteiger partial charge in [0.05, 0.1) is 22.4 Å². The molecule has 192 valence electrons. The summed E-state index contributed by atoms with van der Waals surface area (Å²) in [6, 6.07) is 10.0. The van der Waals surface area contributed by atoms with Crippen LogP contribution in [0.5, 0.6) is 0 Å². The Hall–Kier alpha value is -2.07. The second kappa shape index (κ2) is 12.9. The molecule has 1 aromatic heterocycles. The lowest BCUT2D eigenvalue weighted by atomic mass is 10.0. The number of thioether (sulfide) groups is 1. The number of hydrogen-bond acceptors (Lipinski definition) is 5. The first kappa shape index (κ1) is 28.5. The van der Waals surface area contributed by atoms with Gasteiger partial charge >= 0.3 is 0 Å². The van der Waals surface area contributed by atoms with Crippen molar-refractivity contribution in [2.75, 3.05) is 11.1 Å². The molecule has 0 unspecified atom stereocenters. The third kappa shape index (κ3) is 7.47. The molecule has 0 aliphatic heterocycles. The zero-order chi connectivity index (χ0) is 26.4. The number of amides is 2. The summed E-state index contributed by atoms with van der Waals surface area (Å²) in [5, 5.41) is 16.0. The predicted molar refractivity (Wildman–Crippen MR) is 150 cm³/mol. The lowest BCUT2D eigenvalue weighted by Crippen LogP contribution is -2.31. The Kier molecular flexibility index (Phi) is 10.2. The SMILES string of the molecule is CCn1c(SCC(=O)Nc2ccc(Br)c(C)c2)nnc1[C@H](CC(C)C)NC(=O)c1ccc(Cl)cc1Cl. The van der Waals surface area contributed by atoms with Crippen molar-refractivity contribution in [1.82, 2.24) is 20.1 Å². The second-order valence-corrected chi connectivity index (χ2v) is 11.3. The number of nitrogens with zero attached hydrogens (tertiary/aromatic N) is 3. The van der Waals surface area contributed by atoms with Gasteiger partial charge in [-0.25, -0.2) is 0 Å². The van der Waals surface area contributed by atoms with Crippen LogP contribution < -0.4 is 10.6 Å². The molecule has 0 fully saturated rings. The Morgan fingerprint density at radius 1 is 1.14 bits per heavy atom. The fourth-order valence-electron chi connectivity index (χ4n) is 3.62. The average Bonchev–Trinajstić information content (AvgIpc) is 3.22. The number of aromatic nitrogens is 3. The molecule has 0 saturated heterocycles. The maximum Gasteiger partial charge on any atom is 0.253 e. The minimum absolute atomic E-state index is 0.140. The van der Waals surface area contributed by atoms with Crippen molar-refractivity contribution in [3.05, 3.63) is 67.9 Å². The van der Waals surface area contributed by atoms with Crippen LogP contribution in [0.15, 0.2) is 46.0 Å². The van der Waals surface area contributed by atoms with Gasteiger partial charge in [0.1, 0.15) is 0 Å². The van der Waals surface area contributed by atoms with Gasteiger partial charge < -0.3 is 15.2 Å². The van der Waals surface area contributed by atoms with E-state index in [0.717, 1.165) is 15.7 Å². The quantitative estimate of drug-likeness (QED) is 0.243. The summed E-state index contributed by atoms with van der Waals surface area (Å²) in [7, 11) is 0. The van der Waals surface area contributed by atoms with E-state index in [1.54, 1.807) is 18.2 Å². The van der Waals surface area contributed by atoms with E-state index in [1.807, 2.05) is 36.6 Å². The maximum atomic E-state index is 13.0. The molecule has 2 aromatic carbocycles. The van der Waals surface area contributed by atoms with Gasteiger partial charge in [-0.1, -0.05) is 64.7 Å². The molecule has 1 atom stereocenters. The molecular weight excluding hydrogens is 585 g/mol. The Balaban J connectivity index is 1.74. The van der Waals surface area contributed by atoms with Crippen molar-refractivity contribution in [1.29, 1.82) is 0 Å². The Bertz CT molecular complexity index is 1250. The lowest BCUT2D eigenvalue weighted by Gasteiger charge is -2.21. The largest absolute Gasteiger partial charge is 0.342 e. The number of anilines is 1. The van der Waals surface area contributed by atoms with Crippen LogP contribution in [-0.4, -0.2) is 32.3 Å². The standard InChI is InChI=1S/C25H28BrCl2N5O2S/c1-5-33-23(21(10-14(2)3)30-24(35)18-8-6-16(27)12-20(18)28)31-32-25(33)36-13-22(34)29-17-7-9-19(26)15(4)11-17/h6-9,11-12,14,21H,5,10,13H2,1-4H3,(H,29,34)(H,30,35)/t21-/m0/s1. The van der Waals surface area contributed by atoms with Gasteiger partial charge in [0, 0.05) is 21.7 Å². The topological polar surface area (TPSA) is 88.9 Å². The van der Waals surface area contributed by atoms with E-state index < -0.39 is 0 Å². The first-order valence-corrected chi connectivity index (χ1v) is 14.0. The highest BCUT2D eigenvalue weighted by Crippen LogP contribution is 2.27. The van der Waals surface area contributed by atoms with Gasteiger partial charge in [-0.05, 0) is 68.1 Å². The van der Waals surface area contributed by atoms with E-state index in [9.17, 15) is 9.59 Å². The van der Waals surface area contributed by atoms with Crippen molar-refractivity contribution in [3.63, 3.8) is 0 Å². The first-order valence-electron chi connectivity index (χ1n) is 11.5. The lowest BCUT2D eigenvalue weighted by molar-refractivity contribution is -0.113. The van der Waals surface area contributed by atoms with Crippen molar-refractivity contribution in [2.45, 2.75) is 51.9 Å². The van der Waals surface area contributed by atoms with Crippen molar-refractivity contribution in [3.8, 4) is 0 Å². The van der Waals surface area contributed by atoms with Gasteiger partial charge in [0.2, 0.25) is 5.91 Å². The summed E-state index contributed by atoms with van der Waals surface area (Å²) < 4.78 is 2.92. The Labute approximate surface area is 233 Å². The highest BCUT2D eigenvalue weighted by Gasteiger charge is 2.25. The first-order chi connectivity index (χ1) is 17.1. The van der Waals surface area contributed by atoms with E-state index in [-0.39, 0.29) is 34.5 Å². The summed E-state index contributed by atoms with van der Waals surface area (Å²) in [6.45, 7) is 8.68. The van der Waals surface area contributed by atoms with Crippen molar-refractivity contribution < 1.29 is 9.59 Å². The molecule has 36 heavy (non-hydrogen) atoms. The molecule has 0 aliphatic rings. The number of nitrogens with one attached hydrogen (secondary N) is 2. The molecule has 3 aromatic rings. The summed E-state index contributed by atoms with van der Waals surface area (Å²) in [4.78, 5) is 25.6. The molecule has 0 saturated carbocycles. The normalized spacial score (nSPS) is 12.0. The maximum absolute atomic E-state index is 13.0. The molecule has 0 aliphatic carbocycles. The third-order valence-electron chi connectivity index (χ3n) is 5.34. The highest BCUT2D eigenvalue weighted by molar-refractivity contribution is 9.10. The predicted octanol–water partition coefficient (Wildman–Crippen LogP) is 6.92. The van der Waals surface area contributed by atoms with Gasteiger partial charge in [-0.3, -0.25) is 9.59 Å². The van der Waals surface area contributed by atoms with Crippen LogP contribution in [-0.2, 0) is 11.3 Å². The summed E-state index contributed by atoms with van der Waals surface area (Å²) in [6.07, 6.45) is 0.656. The van der Waals surface area contributed by atoms with Crippen molar-refractivity contribution in [2.24, 2.45) is 5.92 Å². The van der Waals surface area contributed by atoms with Gasteiger partial charge in [-0.15, -0.1) is 10.2 Å². The number of rotatable bonds is 10. The zero-order valence-electron chi connectivity index (χ0n) is 20.4. The minimum Gasteiger partial charge on any atom is -0.342 e. The second-order valence-electron chi connectivity index (χ2n) is 8.67. The monoisotopic (exact) mass is 611 g/mol. The van der Waals surface area contributed by atoms with Gasteiger partial charge in [-0.2, -0.15) is 0 Å². The van der Waals surface area contributed by atoms with Crippen LogP contribution in [0, 0.1) is 12.8 Å². The number of carbonyl (C=O) groups is 2. The Morgan fingerprint density at radius 2 is 1.89 bits per heavy atom. The molecule has 0 bridgehead atoms. The summed E-state index contributed by atoms with van der Waals surface area (Å²) in [5.41, 5.74) is 2.11. The van der Waals surface area contributed by atoms with Crippen LogP contribution in [0.25, 0.3) is 0 Å². The number of hydrogen-bond donors (Lipinski definition) is 2. The van der Waals surface area contributed by atoms with Crippen molar-refractivity contribution >= 4 is 68.4 Å². The summed E-state index contributed by atoms with van der Waals surface area (Å²) >= 11 is 17.0. The number of benzene rings is 2. The van der Waals surface area contributed by atoms with E-state index in [1.165, 1.54) is 11.8 Å². The van der Waals surface area contributed by atoms with Gasteiger partial charge in [0.25, 0.3) is 5.91 Å². The van der Waals surface area contributed by atoms with Crippen LogP contribution in [0.2, 0.25) is 10.0 Å². The van der Waals surface area contributed by atoms with Crippen LogP contribution in [0.1, 0.15) is 55.0 Å². The zero-order valence-corrected chi connectivity index (χ0v) is 24.4. The van der Waals surface area contributed by atoms with E-state index >= 15 is 0 Å². The van der Waals surface area contributed by atoms with Crippen LogP contribution in [0.3, 0.4) is 0 Å². The van der Waals surface area contributed by atoms with E-state index in [0.29, 0.717) is 34.5 Å². The smallest absolute Gasteiger partial charge is 0.253 e. The van der Waals surface area contributed by atoms with Gasteiger partial charge in [0.15, 0.2) is 11.0 Å². The number of carbonyl (C=O) groups excluding carboxylic acids is 2. The fourth-order valence-corrected chi connectivity index (χ4v) is 5.17. The molecule has 2 N–H and O–H groups in total. The fraction of sp³-hybridized carbons (Fsp3) is 0.360. The van der Waals surface area contributed by atoms with Crippen LogP contribution in [0.4, 0.5) is 5.69 Å².